The van der Waals surface area contributed by atoms with Gasteiger partial charge in [0.1, 0.15) is 0 Å². The predicted molar refractivity (Wildman–Crippen MR) is 108 cm³/mol. The van der Waals surface area contributed by atoms with Gasteiger partial charge in [0.2, 0.25) is 0 Å². The third kappa shape index (κ3) is 3.79. The first-order chi connectivity index (χ1) is 12.9. The zero-order valence-corrected chi connectivity index (χ0v) is 15.8. The second kappa shape index (κ2) is 7.77. The Morgan fingerprint density at radius 2 is 2.04 bits per heavy atom. The molecule has 1 aliphatic heterocycles. The molecule has 1 fully saturated rings. The van der Waals surface area contributed by atoms with Crippen molar-refractivity contribution in [2.45, 2.75) is 6.92 Å². The van der Waals surface area contributed by atoms with Crippen LogP contribution in [-0.2, 0) is 4.79 Å². The molecule has 0 unspecified atom stereocenters. The highest BCUT2D eigenvalue weighted by molar-refractivity contribution is 8.27. The number of carbonyl (C=O) groups is 1. The van der Waals surface area contributed by atoms with Crippen molar-refractivity contribution in [3.8, 4) is 11.5 Å². The number of para-hydroxylation sites is 1. The number of hydrogen-bond donors (Lipinski definition) is 1. The van der Waals surface area contributed by atoms with E-state index in [0.29, 0.717) is 10.0 Å². The number of rotatable bonds is 5. The van der Waals surface area contributed by atoms with E-state index in [1.807, 2.05) is 6.07 Å². The van der Waals surface area contributed by atoms with E-state index in [9.17, 15) is 20.0 Å². The Kier molecular flexibility index (Phi) is 5.43. The number of aromatic hydroxyl groups is 1. The summed E-state index contributed by atoms with van der Waals surface area (Å²) in [7, 11) is 0. The number of ether oxygens (including phenoxy) is 1. The molecule has 1 heterocycles. The number of nitro groups is 1. The lowest BCUT2D eigenvalue weighted by molar-refractivity contribution is -0.385. The third-order valence-corrected chi connectivity index (χ3v) is 5.00. The van der Waals surface area contributed by atoms with Crippen molar-refractivity contribution in [1.29, 1.82) is 0 Å². The van der Waals surface area contributed by atoms with Crippen LogP contribution in [0.2, 0.25) is 0 Å². The lowest BCUT2D eigenvalue weighted by atomic mass is 10.1. The number of non-ortho nitro benzene ring substituents is 1. The second-order valence-corrected chi connectivity index (χ2v) is 7.10. The Morgan fingerprint density at radius 1 is 1.33 bits per heavy atom. The molecule has 138 valence electrons. The van der Waals surface area contributed by atoms with Gasteiger partial charge < -0.3 is 9.84 Å². The molecule has 9 heteroatoms. The molecule has 1 N–H and O–H groups in total. The average Bonchev–Trinajstić information content (AvgIpc) is 2.92. The molecule has 0 radical (unpaired) electrons. The largest absolute Gasteiger partial charge is 0.504 e. The number of benzene rings is 2. The minimum atomic E-state index is -0.589. The van der Waals surface area contributed by atoms with E-state index in [1.54, 1.807) is 31.2 Å². The first kappa shape index (κ1) is 18.9. The fraction of sp³-hybridized carbons (Fsp3) is 0.111. The summed E-state index contributed by atoms with van der Waals surface area (Å²) < 4.78 is 5.60. The van der Waals surface area contributed by atoms with E-state index in [1.165, 1.54) is 17.0 Å². The van der Waals surface area contributed by atoms with E-state index in [4.69, 9.17) is 17.0 Å². The lowest BCUT2D eigenvalue weighted by Gasteiger charge is -2.13. The van der Waals surface area contributed by atoms with Crippen LogP contribution in [0.5, 0.6) is 11.5 Å². The molecule has 27 heavy (non-hydrogen) atoms. The summed E-state index contributed by atoms with van der Waals surface area (Å²) in [5.74, 6) is -0.649. The maximum Gasteiger partial charge on any atom is 0.274 e. The Bertz CT molecular complexity index is 960. The molecule has 3 rings (SSSR count). The number of amides is 1. The first-order valence-electron chi connectivity index (χ1n) is 7.89. The van der Waals surface area contributed by atoms with Crippen LogP contribution in [0, 0.1) is 10.1 Å². The Balaban J connectivity index is 2.03. The Labute approximate surface area is 164 Å². The number of hydrogen-bond acceptors (Lipinski definition) is 7. The summed E-state index contributed by atoms with van der Waals surface area (Å²) in [5, 5.41) is 21.5. The quantitative estimate of drug-likeness (QED) is 0.348. The van der Waals surface area contributed by atoms with Crippen molar-refractivity contribution < 1.29 is 19.6 Å². The molecule has 0 atom stereocenters. The number of phenolic OH excluding ortho intramolecular Hbond substituents is 1. The average molecular weight is 402 g/mol. The van der Waals surface area contributed by atoms with Gasteiger partial charge in [0.05, 0.1) is 28.2 Å². The van der Waals surface area contributed by atoms with Gasteiger partial charge in [-0.1, -0.05) is 42.2 Å². The van der Waals surface area contributed by atoms with E-state index in [-0.39, 0.29) is 40.2 Å². The van der Waals surface area contributed by atoms with E-state index in [0.717, 1.165) is 17.8 Å². The molecule has 1 amide bonds. The summed E-state index contributed by atoms with van der Waals surface area (Å²) in [6, 6.07) is 11.2. The van der Waals surface area contributed by atoms with Crippen LogP contribution < -0.4 is 9.64 Å². The molecular weight excluding hydrogens is 388 g/mol. The minimum Gasteiger partial charge on any atom is -0.504 e. The Morgan fingerprint density at radius 3 is 2.67 bits per heavy atom. The number of phenols is 1. The fourth-order valence-corrected chi connectivity index (χ4v) is 3.79. The van der Waals surface area contributed by atoms with Gasteiger partial charge in [-0.25, -0.2) is 0 Å². The molecule has 0 bridgehead atoms. The van der Waals surface area contributed by atoms with Gasteiger partial charge in [0.15, 0.2) is 15.8 Å². The predicted octanol–water partition coefficient (Wildman–Crippen LogP) is 4.10. The van der Waals surface area contributed by atoms with E-state index >= 15 is 0 Å². The van der Waals surface area contributed by atoms with Crippen molar-refractivity contribution in [2.24, 2.45) is 0 Å². The molecule has 2 aromatic carbocycles. The van der Waals surface area contributed by atoms with E-state index in [2.05, 4.69) is 0 Å². The smallest absolute Gasteiger partial charge is 0.274 e. The summed E-state index contributed by atoms with van der Waals surface area (Å²) in [4.78, 5) is 25.0. The second-order valence-electron chi connectivity index (χ2n) is 5.42. The van der Waals surface area contributed by atoms with Crippen molar-refractivity contribution >= 4 is 51.7 Å². The first-order valence-corrected chi connectivity index (χ1v) is 9.12. The van der Waals surface area contributed by atoms with E-state index < -0.39 is 4.92 Å². The van der Waals surface area contributed by atoms with Gasteiger partial charge in [-0.05, 0) is 25.1 Å². The molecule has 0 spiro atoms. The lowest BCUT2D eigenvalue weighted by Crippen LogP contribution is -2.27. The Hall–Kier alpha value is -2.91. The highest BCUT2D eigenvalue weighted by Crippen LogP contribution is 2.40. The monoisotopic (exact) mass is 402 g/mol. The molecular formula is C18H14N2O5S2. The topological polar surface area (TPSA) is 92.9 Å². The molecule has 0 aromatic heterocycles. The normalized spacial score (nSPS) is 15.4. The summed E-state index contributed by atoms with van der Waals surface area (Å²) in [6.45, 7) is 1.92. The number of anilines is 1. The van der Waals surface area contributed by atoms with Gasteiger partial charge in [-0.2, -0.15) is 0 Å². The molecule has 0 saturated carbocycles. The van der Waals surface area contributed by atoms with Gasteiger partial charge in [-0.15, -0.1) is 0 Å². The maximum absolute atomic E-state index is 12.8. The van der Waals surface area contributed by atoms with Crippen LogP contribution in [-0.4, -0.2) is 26.9 Å². The summed E-state index contributed by atoms with van der Waals surface area (Å²) in [6.07, 6.45) is 1.38. The van der Waals surface area contributed by atoms with Crippen molar-refractivity contribution in [2.75, 3.05) is 11.5 Å². The van der Waals surface area contributed by atoms with Gasteiger partial charge in [0, 0.05) is 11.6 Å². The molecule has 7 nitrogen and oxygen atoms in total. The fourth-order valence-electron chi connectivity index (χ4n) is 2.50. The van der Waals surface area contributed by atoms with Gasteiger partial charge in [-0.3, -0.25) is 19.8 Å². The number of nitrogens with zero attached hydrogens (tertiary/aromatic N) is 2. The molecule has 2 aromatic rings. The number of thiocarbonyl (C=S) groups is 1. The number of nitro benzene ring substituents is 1. The highest BCUT2D eigenvalue weighted by atomic mass is 32.2. The minimum absolute atomic E-state index is 0.0171. The zero-order chi connectivity index (χ0) is 19.6. The standard InChI is InChI=1S/C18H14N2O5S2/c1-2-25-14-10-13(20(23)24)8-11(16(14)21)9-15-17(22)19(18(26)27-15)12-6-4-3-5-7-12/h3-10,21H,2H2,1H3/b15-9+. The van der Waals surface area contributed by atoms with Crippen LogP contribution in [0.4, 0.5) is 11.4 Å². The molecule has 1 aliphatic rings. The summed E-state index contributed by atoms with van der Waals surface area (Å²) >= 11 is 6.35. The van der Waals surface area contributed by atoms with Gasteiger partial charge in [0.25, 0.3) is 11.6 Å². The van der Waals surface area contributed by atoms with Crippen LogP contribution in [0.15, 0.2) is 47.4 Å². The van der Waals surface area contributed by atoms with Crippen LogP contribution >= 0.6 is 24.0 Å². The summed E-state index contributed by atoms with van der Waals surface area (Å²) in [5.41, 5.74) is 0.490. The SMILES string of the molecule is CCOc1cc([N+](=O)[O-])cc(/C=C2/SC(=S)N(c3ccccc3)C2=O)c1O. The third-order valence-electron chi connectivity index (χ3n) is 3.69. The zero-order valence-electron chi connectivity index (χ0n) is 14.1. The van der Waals surface area contributed by atoms with Crippen molar-refractivity contribution in [3.63, 3.8) is 0 Å². The number of thioether (sulfide) groups is 1. The molecule has 1 saturated heterocycles. The van der Waals surface area contributed by atoms with Crippen LogP contribution in [0.25, 0.3) is 6.08 Å². The maximum atomic E-state index is 12.8. The van der Waals surface area contributed by atoms with Crippen LogP contribution in [0.1, 0.15) is 12.5 Å². The van der Waals surface area contributed by atoms with Crippen LogP contribution in [0.3, 0.4) is 0 Å². The van der Waals surface area contributed by atoms with Crippen molar-refractivity contribution in [1.82, 2.24) is 0 Å². The van der Waals surface area contributed by atoms with Crippen molar-refractivity contribution in [3.05, 3.63) is 63.0 Å². The highest BCUT2D eigenvalue weighted by Gasteiger charge is 2.33. The molecule has 0 aliphatic carbocycles. The van der Waals surface area contributed by atoms with Gasteiger partial charge >= 0.3 is 0 Å². The number of carbonyl (C=O) groups excluding carboxylic acids is 1.